The van der Waals surface area contributed by atoms with Crippen molar-refractivity contribution in [1.82, 2.24) is 4.72 Å². The van der Waals surface area contributed by atoms with Crippen molar-refractivity contribution >= 4 is 16.0 Å². The highest BCUT2D eigenvalue weighted by Crippen LogP contribution is 2.31. The Bertz CT molecular complexity index is 396. The van der Waals surface area contributed by atoms with Gasteiger partial charge in [0.25, 0.3) is 0 Å². The molecule has 1 aliphatic carbocycles. The Morgan fingerprint density at radius 1 is 1.30 bits per heavy atom. The normalized spacial score (nSPS) is 22.9. The van der Waals surface area contributed by atoms with Crippen molar-refractivity contribution < 1.29 is 22.7 Å². The lowest BCUT2D eigenvalue weighted by molar-refractivity contribution is -0.145. The minimum absolute atomic E-state index is 0.344. The van der Waals surface area contributed by atoms with Crippen LogP contribution in [-0.4, -0.2) is 46.5 Å². The van der Waals surface area contributed by atoms with Crippen molar-refractivity contribution in [3.8, 4) is 0 Å². The molecule has 0 aliphatic heterocycles. The van der Waals surface area contributed by atoms with Crippen LogP contribution in [0.1, 0.15) is 39.0 Å². The van der Waals surface area contributed by atoms with Gasteiger partial charge >= 0.3 is 5.97 Å². The van der Waals surface area contributed by atoms with Crippen molar-refractivity contribution in [2.45, 2.75) is 44.3 Å². The molecule has 1 N–H and O–H groups in total. The molecule has 20 heavy (non-hydrogen) atoms. The van der Waals surface area contributed by atoms with Gasteiger partial charge in [0.15, 0.2) is 0 Å². The molecule has 2 atom stereocenters. The van der Waals surface area contributed by atoms with Crippen LogP contribution in [0.15, 0.2) is 0 Å². The van der Waals surface area contributed by atoms with Gasteiger partial charge in [0.2, 0.25) is 10.0 Å². The maximum atomic E-state index is 12.2. The second-order valence-corrected chi connectivity index (χ2v) is 6.99. The number of esters is 1. The van der Waals surface area contributed by atoms with Crippen LogP contribution in [0.2, 0.25) is 0 Å². The zero-order valence-corrected chi connectivity index (χ0v) is 13.1. The van der Waals surface area contributed by atoms with Crippen molar-refractivity contribution in [3.05, 3.63) is 0 Å². The summed E-state index contributed by atoms with van der Waals surface area (Å²) in [5.41, 5.74) is 0. The second kappa shape index (κ2) is 8.59. The van der Waals surface area contributed by atoms with Crippen molar-refractivity contribution in [3.63, 3.8) is 0 Å². The van der Waals surface area contributed by atoms with Crippen LogP contribution in [0.3, 0.4) is 0 Å². The SMILES string of the molecule is CCCOCCCNS(=O)(=O)C1CCCC1C(=O)OC. The highest BCUT2D eigenvalue weighted by molar-refractivity contribution is 7.90. The van der Waals surface area contributed by atoms with E-state index in [-0.39, 0.29) is 0 Å². The third-order valence-electron chi connectivity index (χ3n) is 3.47. The zero-order valence-electron chi connectivity index (χ0n) is 12.3. The summed E-state index contributed by atoms with van der Waals surface area (Å²) in [6.07, 6.45) is 3.42. The molecule has 1 aliphatic rings. The van der Waals surface area contributed by atoms with Crippen LogP contribution in [-0.2, 0) is 24.3 Å². The first-order chi connectivity index (χ1) is 9.53. The van der Waals surface area contributed by atoms with E-state index < -0.39 is 27.2 Å². The Morgan fingerprint density at radius 3 is 2.70 bits per heavy atom. The Kier molecular flexibility index (Phi) is 7.47. The van der Waals surface area contributed by atoms with Gasteiger partial charge in [-0.15, -0.1) is 0 Å². The molecular weight excluding hydrogens is 282 g/mol. The molecular formula is C13H25NO5S. The molecule has 2 unspecified atom stereocenters. The highest BCUT2D eigenvalue weighted by atomic mass is 32.2. The van der Waals surface area contributed by atoms with Crippen LogP contribution in [0.4, 0.5) is 0 Å². The van der Waals surface area contributed by atoms with Gasteiger partial charge in [0, 0.05) is 19.8 Å². The van der Waals surface area contributed by atoms with E-state index in [1.807, 2.05) is 6.92 Å². The van der Waals surface area contributed by atoms with Gasteiger partial charge < -0.3 is 9.47 Å². The lowest BCUT2D eigenvalue weighted by Gasteiger charge is -2.18. The lowest BCUT2D eigenvalue weighted by Crippen LogP contribution is -2.40. The first kappa shape index (κ1) is 17.4. The Labute approximate surface area is 121 Å². The molecule has 118 valence electrons. The summed E-state index contributed by atoms with van der Waals surface area (Å²) in [5, 5.41) is -0.661. The van der Waals surface area contributed by atoms with E-state index in [2.05, 4.69) is 9.46 Å². The predicted octanol–water partition coefficient (Wildman–Crippen LogP) is 1.06. The summed E-state index contributed by atoms with van der Waals surface area (Å²) in [5.74, 6) is -0.960. The molecule has 0 aromatic heterocycles. The minimum Gasteiger partial charge on any atom is -0.469 e. The molecule has 0 aromatic rings. The molecule has 0 amide bonds. The van der Waals surface area contributed by atoms with E-state index in [1.165, 1.54) is 7.11 Å². The third-order valence-corrected chi connectivity index (χ3v) is 5.44. The molecule has 1 saturated carbocycles. The maximum Gasteiger partial charge on any atom is 0.310 e. The topological polar surface area (TPSA) is 81.7 Å². The summed E-state index contributed by atoms with van der Waals surface area (Å²) >= 11 is 0. The molecule has 0 bridgehead atoms. The first-order valence-electron chi connectivity index (χ1n) is 7.17. The van der Waals surface area contributed by atoms with Gasteiger partial charge in [0.05, 0.1) is 18.3 Å². The molecule has 6 nitrogen and oxygen atoms in total. The van der Waals surface area contributed by atoms with E-state index in [0.717, 1.165) is 12.8 Å². The number of sulfonamides is 1. The smallest absolute Gasteiger partial charge is 0.310 e. The average Bonchev–Trinajstić information content (AvgIpc) is 2.92. The van der Waals surface area contributed by atoms with Gasteiger partial charge in [0.1, 0.15) is 0 Å². The fourth-order valence-electron chi connectivity index (χ4n) is 2.46. The number of rotatable bonds is 9. The van der Waals surface area contributed by atoms with E-state index in [0.29, 0.717) is 39.0 Å². The van der Waals surface area contributed by atoms with Crippen LogP contribution in [0, 0.1) is 5.92 Å². The van der Waals surface area contributed by atoms with Crippen LogP contribution >= 0.6 is 0 Å². The number of hydrogen-bond donors (Lipinski definition) is 1. The quantitative estimate of drug-likeness (QED) is 0.509. The highest BCUT2D eigenvalue weighted by Gasteiger charge is 2.41. The average molecular weight is 307 g/mol. The molecule has 0 radical (unpaired) electrons. The zero-order chi connectivity index (χ0) is 15.0. The third kappa shape index (κ3) is 5.03. The number of hydrogen-bond acceptors (Lipinski definition) is 5. The summed E-state index contributed by atoms with van der Waals surface area (Å²) < 4.78 is 36.9. The fourth-order valence-corrected chi connectivity index (χ4v) is 4.26. The van der Waals surface area contributed by atoms with Gasteiger partial charge in [-0.3, -0.25) is 4.79 Å². The standard InChI is InChI=1S/C13H25NO5S/c1-3-9-19-10-5-8-14-20(16,17)12-7-4-6-11(12)13(15)18-2/h11-12,14H,3-10H2,1-2H3. The minimum atomic E-state index is -3.46. The Morgan fingerprint density at radius 2 is 2.05 bits per heavy atom. The lowest BCUT2D eigenvalue weighted by atomic mass is 10.1. The molecule has 1 rings (SSSR count). The molecule has 1 fully saturated rings. The largest absolute Gasteiger partial charge is 0.469 e. The van der Waals surface area contributed by atoms with Gasteiger partial charge in [-0.2, -0.15) is 0 Å². The summed E-state index contributed by atoms with van der Waals surface area (Å²) in [4.78, 5) is 11.6. The van der Waals surface area contributed by atoms with E-state index in [1.54, 1.807) is 0 Å². The number of methoxy groups -OCH3 is 1. The number of nitrogens with one attached hydrogen (secondary N) is 1. The van der Waals surface area contributed by atoms with Crippen LogP contribution in [0.5, 0.6) is 0 Å². The van der Waals surface area contributed by atoms with E-state index in [4.69, 9.17) is 4.74 Å². The van der Waals surface area contributed by atoms with Gasteiger partial charge in [-0.1, -0.05) is 13.3 Å². The molecule has 0 spiro atoms. The van der Waals surface area contributed by atoms with Crippen molar-refractivity contribution in [2.24, 2.45) is 5.92 Å². The maximum absolute atomic E-state index is 12.2. The molecule has 0 aromatic carbocycles. The second-order valence-electron chi connectivity index (χ2n) is 5.00. The molecule has 7 heteroatoms. The number of ether oxygens (including phenoxy) is 2. The molecule has 0 saturated heterocycles. The number of carbonyl (C=O) groups excluding carboxylic acids is 1. The Hall–Kier alpha value is -0.660. The predicted molar refractivity (Wildman–Crippen MR) is 75.8 cm³/mol. The van der Waals surface area contributed by atoms with Gasteiger partial charge in [-0.25, -0.2) is 13.1 Å². The van der Waals surface area contributed by atoms with Gasteiger partial charge in [-0.05, 0) is 25.7 Å². The molecule has 0 heterocycles. The summed E-state index contributed by atoms with van der Waals surface area (Å²) in [6.45, 7) is 3.60. The van der Waals surface area contributed by atoms with E-state index >= 15 is 0 Å². The summed E-state index contributed by atoms with van der Waals surface area (Å²) in [6, 6.07) is 0. The van der Waals surface area contributed by atoms with Crippen LogP contribution < -0.4 is 4.72 Å². The Balaban J connectivity index is 2.41. The monoisotopic (exact) mass is 307 g/mol. The van der Waals surface area contributed by atoms with Crippen molar-refractivity contribution in [2.75, 3.05) is 26.9 Å². The van der Waals surface area contributed by atoms with E-state index in [9.17, 15) is 13.2 Å². The fraction of sp³-hybridized carbons (Fsp3) is 0.923. The first-order valence-corrected chi connectivity index (χ1v) is 8.71. The summed E-state index contributed by atoms with van der Waals surface area (Å²) in [7, 11) is -2.17. The number of carbonyl (C=O) groups is 1. The van der Waals surface area contributed by atoms with Crippen LogP contribution in [0.25, 0.3) is 0 Å². The van der Waals surface area contributed by atoms with Crippen molar-refractivity contribution in [1.29, 1.82) is 0 Å².